The Balaban J connectivity index is 4.41. The third-order valence-electron chi connectivity index (χ3n) is 4.66. The van der Waals surface area contributed by atoms with Crippen LogP contribution < -0.4 is 0 Å². The number of rotatable bonds is 12. The molecule has 0 radical (unpaired) electrons. The predicted molar refractivity (Wildman–Crippen MR) is 105 cm³/mol. The molecule has 148 valence electrons. The van der Waals surface area contributed by atoms with Crippen LogP contribution in [0.25, 0.3) is 0 Å². The lowest BCUT2D eigenvalue weighted by molar-refractivity contribution is -0.142. The molecule has 0 fully saturated rings. The van der Waals surface area contributed by atoms with Crippen LogP contribution in [-0.4, -0.2) is 42.4 Å². The van der Waals surface area contributed by atoms with Gasteiger partial charge in [-0.15, -0.1) is 0 Å². The van der Waals surface area contributed by atoms with Gasteiger partial charge in [0.05, 0.1) is 5.60 Å². The van der Waals surface area contributed by atoms with E-state index in [1.165, 1.54) is 0 Å². The largest absolute Gasteiger partial charge is 0.375 e. The summed E-state index contributed by atoms with van der Waals surface area (Å²) in [6, 6.07) is 0. The number of Topliss-reactive ketones (excluding diaryl/α,β-unsaturated/α-hetero) is 1. The summed E-state index contributed by atoms with van der Waals surface area (Å²) in [4.78, 5) is 26.4. The van der Waals surface area contributed by atoms with E-state index in [0.29, 0.717) is 25.4 Å². The lowest BCUT2D eigenvalue weighted by Gasteiger charge is -2.31. The highest BCUT2D eigenvalue weighted by Crippen LogP contribution is 2.26. The zero-order chi connectivity index (χ0) is 19.8. The second-order valence-electron chi connectivity index (χ2n) is 9.30. The zero-order valence-corrected chi connectivity index (χ0v) is 18.1. The maximum absolute atomic E-state index is 12.7. The van der Waals surface area contributed by atoms with Gasteiger partial charge in [-0.25, -0.2) is 0 Å². The van der Waals surface area contributed by atoms with Crippen molar-refractivity contribution >= 4 is 11.7 Å². The molecular weight excluding hydrogens is 314 g/mol. The van der Waals surface area contributed by atoms with Crippen LogP contribution in [0, 0.1) is 17.3 Å². The van der Waals surface area contributed by atoms with Crippen molar-refractivity contribution < 1.29 is 14.3 Å². The van der Waals surface area contributed by atoms with E-state index in [1.807, 2.05) is 53.5 Å². The van der Waals surface area contributed by atoms with E-state index >= 15 is 0 Å². The molecule has 0 aromatic rings. The van der Waals surface area contributed by atoms with E-state index in [0.717, 1.165) is 19.4 Å². The van der Waals surface area contributed by atoms with Gasteiger partial charge in [-0.2, -0.15) is 0 Å². The summed E-state index contributed by atoms with van der Waals surface area (Å²) < 4.78 is 5.94. The minimum Gasteiger partial charge on any atom is -0.375 e. The summed E-state index contributed by atoms with van der Waals surface area (Å²) >= 11 is 0. The molecule has 0 aliphatic rings. The van der Waals surface area contributed by atoms with E-state index in [2.05, 4.69) is 13.8 Å². The van der Waals surface area contributed by atoms with Gasteiger partial charge in [0.1, 0.15) is 5.78 Å². The molecule has 0 heterocycles. The van der Waals surface area contributed by atoms with Gasteiger partial charge in [-0.05, 0) is 39.0 Å². The molecule has 0 rings (SSSR count). The second kappa shape index (κ2) is 10.3. The maximum atomic E-state index is 12.7. The van der Waals surface area contributed by atoms with Crippen LogP contribution in [0.15, 0.2) is 0 Å². The molecule has 0 saturated heterocycles. The third kappa shape index (κ3) is 9.98. The molecule has 0 aromatic heterocycles. The molecule has 0 saturated carbocycles. The van der Waals surface area contributed by atoms with E-state index < -0.39 is 11.0 Å². The first-order chi connectivity index (χ1) is 11.3. The molecule has 0 aliphatic carbocycles. The average Bonchev–Trinajstić information content (AvgIpc) is 2.44. The molecule has 4 nitrogen and oxygen atoms in total. The Morgan fingerprint density at radius 3 is 2.08 bits per heavy atom. The van der Waals surface area contributed by atoms with Crippen LogP contribution in [0.2, 0.25) is 0 Å². The Morgan fingerprint density at radius 1 is 1.04 bits per heavy atom. The monoisotopic (exact) mass is 355 g/mol. The van der Waals surface area contributed by atoms with Gasteiger partial charge in [-0.1, -0.05) is 41.5 Å². The summed E-state index contributed by atoms with van der Waals surface area (Å²) in [7, 11) is 1.89. The fourth-order valence-corrected chi connectivity index (χ4v) is 2.72. The van der Waals surface area contributed by atoms with Crippen molar-refractivity contribution in [1.29, 1.82) is 0 Å². The molecule has 0 unspecified atom stereocenters. The topological polar surface area (TPSA) is 46.6 Å². The Bertz CT molecular complexity index is 425. The smallest absolute Gasteiger partial charge is 0.228 e. The van der Waals surface area contributed by atoms with Crippen LogP contribution in [0.4, 0.5) is 0 Å². The Hall–Kier alpha value is -0.900. The SMILES string of the molecule is CC(C)CCCN(C)C(=O)C(C)(C)CCOC(C)(C)CC(=O)C(C)C. The van der Waals surface area contributed by atoms with Crippen molar-refractivity contribution in [2.45, 2.75) is 86.7 Å². The number of carbonyl (C=O) groups is 2. The molecule has 4 heteroatoms. The van der Waals surface area contributed by atoms with Gasteiger partial charge in [0.15, 0.2) is 0 Å². The van der Waals surface area contributed by atoms with E-state index in [4.69, 9.17) is 4.74 Å². The zero-order valence-electron chi connectivity index (χ0n) is 18.1. The summed E-state index contributed by atoms with van der Waals surface area (Å²) in [5.74, 6) is 1.07. The van der Waals surface area contributed by atoms with Crippen molar-refractivity contribution in [2.75, 3.05) is 20.2 Å². The van der Waals surface area contributed by atoms with Crippen LogP contribution in [0.5, 0.6) is 0 Å². The van der Waals surface area contributed by atoms with Crippen LogP contribution in [-0.2, 0) is 14.3 Å². The highest BCUT2D eigenvalue weighted by Gasteiger charge is 2.31. The number of nitrogens with zero attached hydrogens (tertiary/aromatic N) is 1. The van der Waals surface area contributed by atoms with Crippen molar-refractivity contribution in [2.24, 2.45) is 17.3 Å². The van der Waals surface area contributed by atoms with E-state index in [-0.39, 0.29) is 17.6 Å². The lowest BCUT2D eigenvalue weighted by Crippen LogP contribution is -2.40. The molecule has 0 aliphatic heterocycles. The van der Waals surface area contributed by atoms with Crippen LogP contribution in [0.3, 0.4) is 0 Å². The minimum absolute atomic E-state index is 0.0281. The summed E-state index contributed by atoms with van der Waals surface area (Å²) in [5, 5.41) is 0. The van der Waals surface area contributed by atoms with Crippen LogP contribution in [0.1, 0.15) is 81.1 Å². The third-order valence-corrected chi connectivity index (χ3v) is 4.66. The molecule has 1 amide bonds. The minimum atomic E-state index is -0.482. The Labute approximate surface area is 155 Å². The maximum Gasteiger partial charge on any atom is 0.228 e. The Kier molecular flexibility index (Phi) is 9.93. The number of hydrogen-bond donors (Lipinski definition) is 0. The highest BCUT2D eigenvalue weighted by atomic mass is 16.5. The number of hydrogen-bond acceptors (Lipinski definition) is 3. The predicted octanol–water partition coefficient (Wildman–Crippen LogP) is 4.71. The highest BCUT2D eigenvalue weighted by molar-refractivity contribution is 5.82. The quantitative estimate of drug-likeness (QED) is 0.509. The first kappa shape index (κ1) is 24.1. The fraction of sp³-hybridized carbons (Fsp3) is 0.905. The molecule has 0 N–H and O–H groups in total. The van der Waals surface area contributed by atoms with Gasteiger partial charge >= 0.3 is 0 Å². The first-order valence-electron chi connectivity index (χ1n) is 9.71. The Morgan fingerprint density at radius 2 is 1.60 bits per heavy atom. The molecular formula is C21H41NO3. The van der Waals surface area contributed by atoms with Crippen LogP contribution >= 0.6 is 0 Å². The fourth-order valence-electron chi connectivity index (χ4n) is 2.72. The molecule has 0 spiro atoms. The standard InChI is InChI=1S/C21H41NO3/c1-16(2)11-10-13-22(9)19(24)20(5,6)12-14-25-21(7,8)15-18(23)17(3)4/h16-17H,10-15H2,1-9H3. The van der Waals surface area contributed by atoms with Crippen molar-refractivity contribution in [3.8, 4) is 0 Å². The van der Waals surface area contributed by atoms with E-state index in [9.17, 15) is 9.59 Å². The van der Waals surface area contributed by atoms with Crippen molar-refractivity contribution in [1.82, 2.24) is 4.90 Å². The van der Waals surface area contributed by atoms with Gasteiger partial charge in [0.25, 0.3) is 0 Å². The summed E-state index contributed by atoms with van der Waals surface area (Å²) in [6.07, 6.45) is 3.24. The molecule has 25 heavy (non-hydrogen) atoms. The number of ketones is 1. The average molecular weight is 356 g/mol. The summed E-state index contributed by atoms with van der Waals surface area (Å²) in [5.41, 5.74) is -0.936. The second-order valence-corrected chi connectivity index (χ2v) is 9.30. The van der Waals surface area contributed by atoms with Crippen molar-refractivity contribution in [3.05, 3.63) is 0 Å². The normalized spacial score (nSPS) is 12.8. The number of ether oxygens (including phenoxy) is 1. The van der Waals surface area contributed by atoms with Gasteiger partial charge < -0.3 is 9.64 Å². The van der Waals surface area contributed by atoms with Gasteiger partial charge in [0.2, 0.25) is 5.91 Å². The first-order valence-corrected chi connectivity index (χ1v) is 9.71. The molecule has 0 bridgehead atoms. The van der Waals surface area contributed by atoms with E-state index in [1.54, 1.807) is 0 Å². The molecule has 0 aromatic carbocycles. The summed E-state index contributed by atoms with van der Waals surface area (Å²) in [6.45, 7) is 17.4. The molecule has 0 atom stereocenters. The van der Waals surface area contributed by atoms with Gasteiger partial charge in [0, 0.05) is 38.0 Å². The number of carbonyl (C=O) groups excluding carboxylic acids is 2. The number of amides is 1. The van der Waals surface area contributed by atoms with Gasteiger partial charge in [-0.3, -0.25) is 9.59 Å². The van der Waals surface area contributed by atoms with Crippen molar-refractivity contribution in [3.63, 3.8) is 0 Å². The lowest BCUT2D eigenvalue weighted by atomic mass is 9.87.